The zero-order chi connectivity index (χ0) is 14.1. The molecular formula is C17H14ClNO. The van der Waals surface area contributed by atoms with E-state index in [2.05, 4.69) is 4.98 Å². The predicted octanol–water partition coefficient (Wildman–Crippen LogP) is 4.64. The number of benzene rings is 2. The quantitative estimate of drug-likeness (QED) is 0.551. The van der Waals surface area contributed by atoms with Crippen LogP contribution >= 0.6 is 11.6 Å². The number of aromatic amines is 1. The number of nitrogens with one attached hydrogen (secondary N) is 1. The number of carbonyl (C=O) groups is 1. The van der Waals surface area contributed by atoms with Crippen LogP contribution in [0, 0.1) is 6.92 Å². The molecule has 100 valence electrons. The number of hydrogen-bond donors (Lipinski definition) is 1. The van der Waals surface area contributed by atoms with Gasteiger partial charge in [0.15, 0.2) is 5.78 Å². The Morgan fingerprint density at radius 1 is 1.05 bits per heavy atom. The molecule has 0 bridgehead atoms. The van der Waals surface area contributed by atoms with Crippen LogP contribution in [-0.4, -0.2) is 10.8 Å². The van der Waals surface area contributed by atoms with Gasteiger partial charge < -0.3 is 4.98 Å². The third-order valence-corrected chi connectivity index (χ3v) is 3.91. The zero-order valence-electron chi connectivity index (χ0n) is 11.1. The Kier molecular flexibility index (Phi) is 3.33. The van der Waals surface area contributed by atoms with Gasteiger partial charge in [0, 0.05) is 22.2 Å². The summed E-state index contributed by atoms with van der Waals surface area (Å²) in [5.41, 5.74) is 3.33. The van der Waals surface area contributed by atoms with Gasteiger partial charge in [0.05, 0.1) is 0 Å². The lowest BCUT2D eigenvalue weighted by atomic mass is 10.00. The molecule has 0 aliphatic heterocycles. The number of alkyl halides is 1. The molecule has 1 N–H and O–H groups in total. The smallest absolute Gasteiger partial charge is 0.187 e. The van der Waals surface area contributed by atoms with Crippen molar-refractivity contribution in [3.63, 3.8) is 0 Å². The molecule has 0 unspecified atom stereocenters. The molecule has 0 radical (unpaired) electrons. The molecule has 0 spiro atoms. The van der Waals surface area contributed by atoms with Crippen LogP contribution in [0.3, 0.4) is 0 Å². The van der Waals surface area contributed by atoms with E-state index in [1.165, 1.54) is 0 Å². The second-order valence-electron chi connectivity index (χ2n) is 4.81. The van der Waals surface area contributed by atoms with Crippen LogP contribution in [0.4, 0.5) is 0 Å². The van der Waals surface area contributed by atoms with Crippen LogP contribution in [0.15, 0.2) is 54.6 Å². The molecule has 0 saturated heterocycles. The van der Waals surface area contributed by atoms with Crippen molar-refractivity contribution in [3.05, 3.63) is 71.4 Å². The number of H-pyrrole nitrogens is 1. The first-order chi connectivity index (χ1) is 9.68. The molecule has 1 atom stereocenters. The van der Waals surface area contributed by atoms with Gasteiger partial charge in [-0.3, -0.25) is 4.79 Å². The molecule has 20 heavy (non-hydrogen) atoms. The molecular weight excluding hydrogens is 270 g/mol. The molecule has 0 saturated carbocycles. The maximum Gasteiger partial charge on any atom is 0.187 e. The average Bonchev–Trinajstić information content (AvgIpc) is 2.82. The Balaban J connectivity index is 2.07. The zero-order valence-corrected chi connectivity index (χ0v) is 11.8. The fourth-order valence-electron chi connectivity index (χ4n) is 2.49. The summed E-state index contributed by atoms with van der Waals surface area (Å²) in [4.78, 5) is 15.9. The summed E-state index contributed by atoms with van der Waals surface area (Å²) < 4.78 is 0. The minimum atomic E-state index is -0.658. The van der Waals surface area contributed by atoms with E-state index in [-0.39, 0.29) is 5.78 Å². The van der Waals surface area contributed by atoms with Gasteiger partial charge in [-0.25, -0.2) is 0 Å². The SMILES string of the molecule is Cc1[nH]c2ccccc2c1C(=O)[C@H](Cl)c1ccccc1. The molecule has 0 fully saturated rings. The normalized spacial score (nSPS) is 12.5. The van der Waals surface area contributed by atoms with E-state index < -0.39 is 5.38 Å². The minimum Gasteiger partial charge on any atom is -0.358 e. The highest BCUT2D eigenvalue weighted by molar-refractivity contribution is 6.35. The monoisotopic (exact) mass is 283 g/mol. The molecule has 3 heteroatoms. The fraction of sp³-hybridized carbons (Fsp3) is 0.118. The van der Waals surface area contributed by atoms with Crippen LogP contribution in [0.2, 0.25) is 0 Å². The van der Waals surface area contributed by atoms with Crippen LogP contribution < -0.4 is 0 Å². The van der Waals surface area contributed by atoms with Crippen LogP contribution in [0.25, 0.3) is 10.9 Å². The standard InChI is InChI=1S/C17H14ClNO/c1-11-15(13-9-5-6-10-14(13)19-11)17(20)16(18)12-7-3-2-4-8-12/h2-10,16,19H,1H3/t16-/m1/s1. The van der Waals surface area contributed by atoms with E-state index in [9.17, 15) is 4.79 Å². The molecule has 3 rings (SSSR count). The molecule has 0 aliphatic carbocycles. The van der Waals surface area contributed by atoms with E-state index in [0.29, 0.717) is 5.56 Å². The lowest BCUT2D eigenvalue weighted by Crippen LogP contribution is -2.08. The molecule has 2 aromatic carbocycles. The summed E-state index contributed by atoms with van der Waals surface area (Å²) >= 11 is 6.36. The molecule has 0 aliphatic rings. The van der Waals surface area contributed by atoms with Crippen molar-refractivity contribution in [3.8, 4) is 0 Å². The number of para-hydroxylation sites is 1. The lowest BCUT2D eigenvalue weighted by Gasteiger charge is -2.09. The van der Waals surface area contributed by atoms with E-state index >= 15 is 0 Å². The van der Waals surface area contributed by atoms with Gasteiger partial charge in [0.2, 0.25) is 0 Å². The van der Waals surface area contributed by atoms with Crippen molar-refractivity contribution in [2.45, 2.75) is 12.3 Å². The Morgan fingerprint density at radius 3 is 2.45 bits per heavy atom. The largest absolute Gasteiger partial charge is 0.358 e. The summed E-state index contributed by atoms with van der Waals surface area (Å²) in [7, 11) is 0. The van der Waals surface area contributed by atoms with Crippen LogP contribution in [0.5, 0.6) is 0 Å². The third-order valence-electron chi connectivity index (χ3n) is 3.46. The highest BCUT2D eigenvalue weighted by Gasteiger charge is 2.24. The summed E-state index contributed by atoms with van der Waals surface area (Å²) in [5, 5.41) is 0.269. The van der Waals surface area contributed by atoms with Crippen molar-refractivity contribution >= 4 is 28.3 Å². The van der Waals surface area contributed by atoms with E-state index in [1.807, 2.05) is 61.5 Å². The van der Waals surface area contributed by atoms with E-state index in [4.69, 9.17) is 11.6 Å². The Bertz CT molecular complexity index is 761. The molecule has 3 aromatic rings. The van der Waals surface area contributed by atoms with Gasteiger partial charge in [-0.1, -0.05) is 48.5 Å². The van der Waals surface area contributed by atoms with Gasteiger partial charge in [0.25, 0.3) is 0 Å². The molecule has 1 heterocycles. The Morgan fingerprint density at radius 2 is 1.70 bits per heavy atom. The summed E-state index contributed by atoms with van der Waals surface area (Å²) in [6.45, 7) is 1.90. The third kappa shape index (κ3) is 2.12. The predicted molar refractivity (Wildman–Crippen MR) is 82.4 cm³/mol. The highest BCUT2D eigenvalue weighted by Crippen LogP contribution is 2.30. The van der Waals surface area contributed by atoms with Crippen molar-refractivity contribution in [1.82, 2.24) is 4.98 Å². The lowest BCUT2D eigenvalue weighted by molar-refractivity contribution is 0.0988. The molecule has 2 nitrogen and oxygen atoms in total. The van der Waals surface area contributed by atoms with E-state index in [1.54, 1.807) is 0 Å². The van der Waals surface area contributed by atoms with Crippen molar-refractivity contribution in [1.29, 1.82) is 0 Å². The topological polar surface area (TPSA) is 32.9 Å². The van der Waals surface area contributed by atoms with Crippen molar-refractivity contribution in [2.75, 3.05) is 0 Å². The number of halogens is 1. The van der Waals surface area contributed by atoms with Crippen molar-refractivity contribution in [2.24, 2.45) is 0 Å². The second kappa shape index (κ2) is 5.14. The van der Waals surface area contributed by atoms with Crippen LogP contribution in [-0.2, 0) is 0 Å². The summed E-state index contributed by atoms with van der Waals surface area (Å²) in [5.74, 6) is -0.0622. The van der Waals surface area contributed by atoms with Crippen LogP contribution in [0.1, 0.15) is 27.0 Å². The number of fused-ring (bicyclic) bond motifs is 1. The van der Waals surface area contributed by atoms with Crippen molar-refractivity contribution < 1.29 is 4.79 Å². The van der Waals surface area contributed by atoms with E-state index in [0.717, 1.165) is 22.2 Å². The number of ketones is 1. The Hall–Kier alpha value is -2.06. The first kappa shape index (κ1) is 12.9. The number of Topliss-reactive ketones (excluding diaryl/α,β-unsaturated/α-hetero) is 1. The Labute approximate surface area is 122 Å². The number of rotatable bonds is 3. The average molecular weight is 284 g/mol. The van der Waals surface area contributed by atoms with Gasteiger partial charge in [0.1, 0.15) is 5.38 Å². The van der Waals surface area contributed by atoms with Gasteiger partial charge in [-0.15, -0.1) is 11.6 Å². The summed E-state index contributed by atoms with van der Waals surface area (Å²) in [6, 6.07) is 17.2. The molecule has 0 amide bonds. The highest BCUT2D eigenvalue weighted by atomic mass is 35.5. The number of hydrogen-bond acceptors (Lipinski definition) is 1. The first-order valence-electron chi connectivity index (χ1n) is 6.49. The first-order valence-corrected chi connectivity index (χ1v) is 6.92. The second-order valence-corrected chi connectivity index (χ2v) is 5.24. The number of aromatic nitrogens is 1. The maximum atomic E-state index is 12.7. The maximum absolute atomic E-state index is 12.7. The summed E-state index contributed by atoms with van der Waals surface area (Å²) in [6.07, 6.45) is 0. The molecule has 1 aromatic heterocycles. The number of aryl methyl sites for hydroxylation is 1. The van der Waals surface area contributed by atoms with Gasteiger partial charge >= 0.3 is 0 Å². The number of carbonyl (C=O) groups excluding carboxylic acids is 1. The van der Waals surface area contributed by atoms with Gasteiger partial charge in [-0.2, -0.15) is 0 Å². The minimum absolute atomic E-state index is 0.0622. The van der Waals surface area contributed by atoms with Gasteiger partial charge in [-0.05, 0) is 18.6 Å². The fourth-order valence-corrected chi connectivity index (χ4v) is 2.75.